The molecule has 0 aliphatic carbocycles. The first kappa shape index (κ1) is 18.2. The number of carbonyl (C=O) groups is 2. The largest absolute Gasteiger partial charge is 0.467 e. The Morgan fingerprint density at radius 1 is 1.10 bits per heavy atom. The normalized spacial score (nSPS) is 15.6. The first-order valence-electron chi connectivity index (χ1n) is 9.77. The minimum atomic E-state index is -0.659. The van der Waals surface area contributed by atoms with Crippen LogP contribution in [0.1, 0.15) is 23.8 Å². The van der Waals surface area contributed by atoms with Crippen LogP contribution in [0.5, 0.6) is 0 Å². The zero-order chi connectivity index (χ0) is 20.7. The second kappa shape index (κ2) is 7.18. The minimum Gasteiger partial charge on any atom is -0.467 e. The number of aromatic nitrogens is 2. The summed E-state index contributed by atoms with van der Waals surface area (Å²) in [4.78, 5) is 32.3. The van der Waals surface area contributed by atoms with E-state index in [-0.39, 0.29) is 24.8 Å². The molecule has 2 aromatic heterocycles. The third-order valence-corrected chi connectivity index (χ3v) is 5.29. The van der Waals surface area contributed by atoms with Crippen molar-refractivity contribution in [3.8, 4) is 0 Å². The van der Waals surface area contributed by atoms with Gasteiger partial charge in [-0.15, -0.1) is 0 Å². The lowest BCUT2D eigenvalue weighted by molar-refractivity contribution is -0.124. The molecule has 5 rings (SSSR count). The van der Waals surface area contributed by atoms with E-state index in [9.17, 15) is 9.59 Å². The third-order valence-electron chi connectivity index (χ3n) is 5.29. The number of carbonyl (C=O) groups excluding carboxylic acids is 2. The summed E-state index contributed by atoms with van der Waals surface area (Å²) in [5, 5.41) is 2.89. The zero-order valence-electron chi connectivity index (χ0n) is 16.4. The van der Waals surface area contributed by atoms with Crippen molar-refractivity contribution < 1.29 is 14.0 Å². The molecule has 2 aromatic carbocycles. The molecular formula is C23H20N4O3. The Balaban J connectivity index is 1.46. The number of furan rings is 1. The number of nitrogens with one attached hydrogen (secondary N) is 1. The van der Waals surface area contributed by atoms with Crippen LogP contribution in [-0.4, -0.2) is 21.4 Å². The Kier molecular flexibility index (Phi) is 4.35. The van der Waals surface area contributed by atoms with E-state index in [2.05, 4.69) is 10.3 Å². The molecule has 1 atom stereocenters. The van der Waals surface area contributed by atoms with E-state index in [4.69, 9.17) is 4.42 Å². The number of imidazole rings is 1. The third kappa shape index (κ3) is 3.14. The number of rotatable bonds is 5. The molecule has 3 heterocycles. The number of hydrogen-bond acceptors (Lipinski definition) is 4. The van der Waals surface area contributed by atoms with Crippen molar-refractivity contribution in [2.75, 3.05) is 10.2 Å². The van der Waals surface area contributed by atoms with Crippen LogP contribution < -0.4 is 10.2 Å². The molecule has 0 spiro atoms. The van der Waals surface area contributed by atoms with Crippen LogP contribution in [-0.2, 0) is 16.1 Å². The van der Waals surface area contributed by atoms with Crippen molar-refractivity contribution in [3.05, 3.63) is 78.3 Å². The van der Waals surface area contributed by atoms with Gasteiger partial charge in [-0.05, 0) is 43.3 Å². The highest BCUT2D eigenvalue weighted by Crippen LogP contribution is 2.37. The van der Waals surface area contributed by atoms with Crippen molar-refractivity contribution in [1.29, 1.82) is 0 Å². The van der Waals surface area contributed by atoms with Crippen molar-refractivity contribution in [3.63, 3.8) is 0 Å². The fourth-order valence-corrected chi connectivity index (χ4v) is 3.83. The van der Waals surface area contributed by atoms with Crippen LogP contribution in [0.2, 0.25) is 0 Å². The fraction of sp³-hybridized carbons (Fsp3) is 0.174. The molecule has 7 nitrogen and oxygen atoms in total. The van der Waals surface area contributed by atoms with E-state index in [1.165, 1.54) is 0 Å². The Hall–Kier alpha value is -3.87. The highest BCUT2D eigenvalue weighted by Gasteiger charge is 2.41. The van der Waals surface area contributed by atoms with Crippen LogP contribution in [0.25, 0.3) is 11.0 Å². The first-order valence-corrected chi connectivity index (χ1v) is 9.77. The number of anilines is 2. The zero-order valence-corrected chi connectivity index (χ0v) is 16.4. The SMILES string of the molecule is Cc1ccc(NC(=O)C[C@@H]2C(=O)N(Cc3ccco3)c3nc4ccccc4n32)cc1. The van der Waals surface area contributed by atoms with Crippen molar-refractivity contribution in [1.82, 2.24) is 9.55 Å². The predicted molar refractivity (Wildman–Crippen MR) is 113 cm³/mol. The van der Waals surface area contributed by atoms with Gasteiger partial charge in [0, 0.05) is 5.69 Å². The molecule has 2 amide bonds. The summed E-state index contributed by atoms with van der Waals surface area (Å²) in [6, 6.07) is 18.1. The van der Waals surface area contributed by atoms with Crippen LogP contribution in [0.3, 0.4) is 0 Å². The lowest BCUT2D eigenvalue weighted by Gasteiger charge is -2.15. The summed E-state index contributed by atoms with van der Waals surface area (Å²) in [5.41, 5.74) is 3.44. The van der Waals surface area contributed by atoms with Gasteiger partial charge in [0.2, 0.25) is 11.9 Å². The number of benzene rings is 2. The average molecular weight is 400 g/mol. The van der Waals surface area contributed by atoms with Gasteiger partial charge in [-0.25, -0.2) is 4.98 Å². The molecule has 1 aliphatic heterocycles. The second-order valence-electron chi connectivity index (χ2n) is 7.41. The minimum absolute atomic E-state index is 0.0225. The Morgan fingerprint density at radius 2 is 1.90 bits per heavy atom. The van der Waals surface area contributed by atoms with E-state index < -0.39 is 6.04 Å². The average Bonchev–Trinajstić information content (AvgIpc) is 3.44. The molecule has 150 valence electrons. The van der Waals surface area contributed by atoms with E-state index in [0.29, 0.717) is 17.4 Å². The molecule has 0 saturated carbocycles. The summed E-state index contributed by atoms with van der Waals surface area (Å²) in [6.45, 7) is 2.26. The highest BCUT2D eigenvalue weighted by atomic mass is 16.3. The molecule has 0 bridgehead atoms. The van der Waals surface area contributed by atoms with Gasteiger partial charge in [0.05, 0.1) is 30.3 Å². The Morgan fingerprint density at radius 3 is 2.67 bits per heavy atom. The lowest BCUT2D eigenvalue weighted by atomic mass is 10.1. The lowest BCUT2D eigenvalue weighted by Crippen LogP contribution is -2.31. The van der Waals surface area contributed by atoms with Crippen LogP contribution in [0, 0.1) is 6.92 Å². The van der Waals surface area contributed by atoms with E-state index in [1.807, 2.05) is 66.1 Å². The van der Waals surface area contributed by atoms with Gasteiger partial charge in [-0.3, -0.25) is 19.1 Å². The number of nitrogens with zero attached hydrogens (tertiary/aromatic N) is 3. The van der Waals surface area contributed by atoms with Crippen LogP contribution in [0.4, 0.5) is 11.6 Å². The van der Waals surface area contributed by atoms with Gasteiger partial charge in [-0.1, -0.05) is 29.8 Å². The maximum absolute atomic E-state index is 13.3. The summed E-state index contributed by atoms with van der Waals surface area (Å²) >= 11 is 0. The maximum atomic E-state index is 13.3. The second-order valence-corrected chi connectivity index (χ2v) is 7.41. The molecular weight excluding hydrogens is 380 g/mol. The van der Waals surface area contributed by atoms with E-state index >= 15 is 0 Å². The highest BCUT2D eigenvalue weighted by molar-refractivity contribution is 6.05. The van der Waals surface area contributed by atoms with Gasteiger partial charge in [0.1, 0.15) is 11.8 Å². The van der Waals surface area contributed by atoms with Crippen molar-refractivity contribution in [2.24, 2.45) is 0 Å². The smallest absolute Gasteiger partial charge is 0.253 e. The summed E-state index contributed by atoms with van der Waals surface area (Å²) in [5.74, 6) is 0.803. The molecule has 0 fully saturated rings. The maximum Gasteiger partial charge on any atom is 0.253 e. The Labute approximate surface area is 172 Å². The van der Waals surface area contributed by atoms with Gasteiger partial charge in [-0.2, -0.15) is 0 Å². The van der Waals surface area contributed by atoms with Crippen molar-refractivity contribution in [2.45, 2.75) is 25.9 Å². The number of fused-ring (bicyclic) bond motifs is 3. The Bertz CT molecular complexity index is 1230. The topological polar surface area (TPSA) is 80.4 Å². The summed E-state index contributed by atoms with van der Waals surface area (Å²) in [7, 11) is 0. The molecule has 30 heavy (non-hydrogen) atoms. The van der Waals surface area contributed by atoms with E-state index in [0.717, 1.165) is 16.6 Å². The van der Waals surface area contributed by atoms with Gasteiger partial charge in [0.25, 0.3) is 5.91 Å². The van der Waals surface area contributed by atoms with Gasteiger partial charge >= 0.3 is 0 Å². The summed E-state index contributed by atoms with van der Waals surface area (Å²) in [6.07, 6.45) is 1.60. The first-order chi connectivity index (χ1) is 14.6. The molecule has 0 saturated heterocycles. The van der Waals surface area contributed by atoms with Crippen LogP contribution in [0.15, 0.2) is 71.3 Å². The number of hydrogen-bond donors (Lipinski definition) is 1. The number of amides is 2. The molecule has 0 radical (unpaired) electrons. The van der Waals surface area contributed by atoms with Gasteiger partial charge in [0.15, 0.2) is 0 Å². The predicted octanol–water partition coefficient (Wildman–Crippen LogP) is 4.05. The molecule has 1 aliphatic rings. The molecule has 4 aromatic rings. The number of para-hydroxylation sites is 2. The monoisotopic (exact) mass is 400 g/mol. The summed E-state index contributed by atoms with van der Waals surface area (Å²) < 4.78 is 7.28. The fourth-order valence-electron chi connectivity index (χ4n) is 3.83. The van der Waals surface area contributed by atoms with Gasteiger partial charge < -0.3 is 9.73 Å². The van der Waals surface area contributed by atoms with E-state index in [1.54, 1.807) is 17.2 Å². The molecule has 1 N–H and O–H groups in total. The molecule has 7 heteroatoms. The standard InChI is InChI=1S/C23H20N4O3/c1-15-8-10-16(11-9-15)24-21(28)13-20-22(29)26(14-17-5-4-12-30-17)23-25-18-6-2-3-7-19(18)27(20)23/h2-12,20H,13-14H2,1H3,(H,24,28)/t20-/m1/s1. The number of aryl methyl sites for hydroxylation is 1. The van der Waals surface area contributed by atoms with Crippen LogP contribution >= 0.6 is 0 Å². The quantitative estimate of drug-likeness (QED) is 0.548. The molecule has 0 unspecified atom stereocenters. The van der Waals surface area contributed by atoms with Crippen molar-refractivity contribution >= 4 is 34.5 Å².